The molecule has 0 amide bonds. The van der Waals surface area contributed by atoms with E-state index in [2.05, 4.69) is 42.1 Å². The Morgan fingerprint density at radius 1 is 1.14 bits per heavy atom. The molecule has 4 heteroatoms. The molecule has 0 bridgehead atoms. The average Bonchev–Trinajstić information content (AvgIpc) is 2.98. The van der Waals surface area contributed by atoms with Crippen LogP contribution in [0.5, 0.6) is 11.5 Å². The molecule has 0 radical (unpaired) electrons. The molecule has 0 atom stereocenters. The monoisotopic (exact) mass is 305 g/mol. The molecule has 0 fully saturated rings. The molecule has 21 heavy (non-hydrogen) atoms. The van der Waals surface area contributed by atoms with Crippen molar-refractivity contribution in [3.8, 4) is 11.5 Å². The van der Waals surface area contributed by atoms with Gasteiger partial charge in [-0.25, -0.2) is 0 Å². The number of nitrogens with one attached hydrogen (secondary N) is 1. The van der Waals surface area contributed by atoms with Gasteiger partial charge in [0.15, 0.2) is 11.5 Å². The summed E-state index contributed by atoms with van der Waals surface area (Å²) in [5.41, 5.74) is 2.39. The molecular weight excluding hydrogens is 282 g/mol. The van der Waals surface area contributed by atoms with Crippen LogP contribution < -0.4 is 14.8 Å². The average molecular weight is 305 g/mol. The van der Waals surface area contributed by atoms with E-state index in [-0.39, 0.29) is 0 Å². The maximum atomic E-state index is 5.83. The van der Waals surface area contributed by atoms with E-state index in [4.69, 9.17) is 9.47 Å². The van der Waals surface area contributed by atoms with Crippen LogP contribution in [0.3, 0.4) is 0 Å². The van der Waals surface area contributed by atoms with Crippen LogP contribution in [-0.4, -0.2) is 13.7 Å². The van der Waals surface area contributed by atoms with Gasteiger partial charge in [0.2, 0.25) is 0 Å². The molecule has 2 aromatic rings. The highest BCUT2D eigenvalue weighted by atomic mass is 32.1. The lowest BCUT2D eigenvalue weighted by Crippen LogP contribution is -2.18. The summed E-state index contributed by atoms with van der Waals surface area (Å²) < 4.78 is 11.3. The Balaban J connectivity index is 1.95. The highest BCUT2D eigenvalue weighted by molar-refractivity contribution is 7.07. The van der Waals surface area contributed by atoms with Gasteiger partial charge in [0.25, 0.3) is 0 Å². The molecule has 1 aromatic heterocycles. The van der Waals surface area contributed by atoms with Crippen LogP contribution in [0.2, 0.25) is 0 Å². The molecule has 0 aliphatic rings. The summed E-state index contributed by atoms with van der Waals surface area (Å²) in [5, 5.41) is 7.58. The number of hydrogen-bond acceptors (Lipinski definition) is 4. The van der Waals surface area contributed by atoms with Crippen molar-refractivity contribution >= 4 is 11.3 Å². The molecule has 1 N–H and O–H groups in total. The van der Waals surface area contributed by atoms with Gasteiger partial charge in [-0.05, 0) is 52.5 Å². The van der Waals surface area contributed by atoms with Crippen molar-refractivity contribution in [2.24, 2.45) is 5.92 Å². The highest BCUT2D eigenvalue weighted by Gasteiger charge is 2.06. The van der Waals surface area contributed by atoms with Gasteiger partial charge in [-0.3, -0.25) is 0 Å². The summed E-state index contributed by atoms with van der Waals surface area (Å²) >= 11 is 1.68. The highest BCUT2D eigenvalue weighted by Crippen LogP contribution is 2.29. The van der Waals surface area contributed by atoms with Gasteiger partial charge in [-0.2, -0.15) is 11.3 Å². The quantitative estimate of drug-likeness (QED) is 0.797. The van der Waals surface area contributed by atoms with Crippen molar-refractivity contribution in [3.05, 3.63) is 46.2 Å². The Kier molecular flexibility index (Phi) is 6.08. The van der Waals surface area contributed by atoms with Crippen molar-refractivity contribution < 1.29 is 9.47 Å². The molecule has 0 saturated heterocycles. The topological polar surface area (TPSA) is 30.5 Å². The maximum Gasteiger partial charge on any atom is 0.161 e. The fourth-order valence-electron chi connectivity index (χ4n) is 1.98. The van der Waals surface area contributed by atoms with Gasteiger partial charge in [0.1, 0.15) is 6.61 Å². The molecule has 3 nitrogen and oxygen atoms in total. The van der Waals surface area contributed by atoms with Crippen molar-refractivity contribution in [2.75, 3.05) is 13.7 Å². The van der Waals surface area contributed by atoms with Crippen LogP contribution in [0.4, 0.5) is 0 Å². The zero-order valence-corrected chi connectivity index (χ0v) is 13.7. The first-order chi connectivity index (χ1) is 10.2. The van der Waals surface area contributed by atoms with Crippen LogP contribution in [0.25, 0.3) is 0 Å². The van der Waals surface area contributed by atoms with E-state index in [0.29, 0.717) is 12.5 Å². The SMILES string of the molecule is COc1cc(CNCC(C)C)ccc1OCc1ccsc1. The molecule has 0 saturated carbocycles. The minimum Gasteiger partial charge on any atom is -0.493 e. The molecule has 1 heterocycles. The Bertz CT molecular complexity index is 538. The molecular formula is C17H23NO2S. The zero-order chi connectivity index (χ0) is 15.1. The van der Waals surface area contributed by atoms with Crippen LogP contribution in [0, 0.1) is 5.92 Å². The van der Waals surface area contributed by atoms with Gasteiger partial charge in [-0.15, -0.1) is 0 Å². The molecule has 0 aliphatic heterocycles. The molecule has 0 spiro atoms. The second-order valence-electron chi connectivity index (χ2n) is 5.43. The number of methoxy groups -OCH3 is 1. The molecule has 114 valence electrons. The number of benzene rings is 1. The summed E-state index contributed by atoms with van der Waals surface area (Å²) in [5.74, 6) is 2.23. The molecule has 2 rings (SSSR count). The van der Waals surface area contributed by atoms with E-state index < -0.39 is 0 Å². The van der Waals surface area contributed by atoms with E-state index >= 15 is 0 Å². The normalized spacial score (nSPS) is 10.9. The Morgan fingerprint density at radius 2 is 2.00 bits per heavy atom. The second kappa shape index (κ2) is 8.05. The fourth-order valence-corrected chi connectivity index (χ4v) is 2.64. The summed E-state index contributed by atoms with van der Waals surface area (Å²) in [4.78, 5) is 0. The van der Waals surface area contributed by atoms with Gasteiger partial charge < -0.3 is 14.8 Å². The predicted octanol–water partition coefficient (Wildman–Crippen LogP) is 4.08. The summed E-state index contributed by atoms with van der Waals surface area (Å²) in [6, 6.07) is 8.17. The Hall–Kier alpha value is -1.52. The molecule has 0 aliphatic carbocycles. The summed E-state index contributed by atoms with van der Waals surface area (Å²) in [6.45, 7) is 6.84. The third kappa shape index (κ3) is 5.06. The van der Waals surface area contributed by atoms with Crippen molar-refractivity contribution in [3.63, 3.8) is 0 Å². The van der Waals surface area contributed by atoms with Gasteiger partial charge in [0.05, 0.1) is 7.11 Å². The third-order valence-corrected chi connectivity index (χ3v) is 3.82. The van der Waals surface area contributed by atoms with E-state index in [1.165, 1.54) is 11.1 Å². The van der Waals surface area contributed by atoms with E-state index in [1.807, 2.05) is 12.1 Å². The van der Waals surface area contributed by atoms with Crippen LogP contribution in [0.15, 0.2) is 35.0 Å². The Morgan fingerprint density at radius 3 is 2.67 bits per heavy atom. The van der Waals surface area contributed by atoms with E-state index in [9.17, 15) is 0 Å². The minimum absolute atomic E-state index is 0.574. The Labute approximate surface area is 130 Å². The number of rotatable bonds is 8. The zero-order valence-electron chi connectivity index (χ0n) is 12.9. The lowest BCUT2D eigenvalue weighted by molar-refractivity contribution is 0.284. The third-order valence-electron chi connectivity index (χ3n) is 3.08. The van der Waals surface area contributed by atoms with E-state index in [0.717, 1.165) is 24.6 Å². The van der Waals surface area contributed by atoms with Gasteiger partial charge >= 0.3 is 0 Å². The van der Waals surface area contributed by atoms with Gasteiger partial charge in [0, 0.05) is 6.54 Å². The first-order valence-electron chi connectivity index (χ1n) is 7.20. The predicted molar refractivity (Wildman–Crippen MR) is 88.2 cm³/mol. The number of hydrogen-bond donors (Lipinski definition) is 1. The smallest absolute Gasteiger partial charge is 0.161 e. The first kappa shape index (κ1) is 15.9. The number of ether oxygens (including phenoxy) is 2. The minimum atomic E-state index is 0.574. The molecule has 1 aromatic carbocycles. The van der Waals surface area contributed by atoms with Crippen LogP contribution >= 0.6 is 11.3 Å². The van der Waals surface area contributed by atoms with Crippen LogP contribution in [0.1, 0.15) is 25.0 Å². The number of thiophene rings is 1. The fraction of sp³-hybridized carbons (Fsp3) is 0.412. The van der Waals surface area contributed by atoms with Crippen molar-refractivity contribution in [1.29, 1.82) is 0 Å². The van der Waals surface area contributed by atoms with Crippen molar-refractivity contribution in [1.82, 2.24) is 5.32 Å². The van der Waals surface area contributed by atoms with Gasteiger partial charge in [-0.1, -0.05) is 19.9 Å². The standard InChI is InChI=1S/C17H23NO2S/c1-13(2)9-18-10-14-4-5-16(17(8-14)19-3)20-11-15-6-7-21-12-15/h4-8,12-13,18H,9-11H2,1-3H3. The first-order valence-corrected chi connectivity index (χ1v) is 8.15. The summed E-state index contributed by atoms with van der Waals surface area (Å²) in [6.07, 6.45) is 0. The molecule has 0 unspecified atom stereocenters. The maximum absolute atomic E-state index is 5.83. The summed E-state index contributed by atoms with van der Waals surface area (Å²) in [7, 11) is 1.68. The second-order valence-corrected chi connectivity index (χ2v) is 6.21. The lowest BCUT2D eigenvalue weighted by Gasteiger charge is -2.13. The van der Waals surface area contributed by atoms with Crippen molar-refractivity contribution in [2.45, 2.75) is 27.0 Å². The lowest BCUT2D eigenvalue weighted by atomic mass is 10.2. The largest absolute Gasteiger partial charge is 0.493 e. The van der Waals surface area contributed by atoms with Crippen LogP contribution in [-0.2, 0) is 13.2 Å². The van der Waals surface area contributed by atoms with E-state index in [1.54, 1.807) is 18.4 Å².